The maximum absolute atomic E-state index is 5.27. The second-order valence-corrected chi connectivity index (χ2v) is 13.0. The highest BCUT2D eigenvalue weighted by atomic mass is 15.1. The van der Waals surface area contributed by atoms with E-state index in [4.69, 9.17) is 24.9 Å². The standard InChI is InChI=1S/C47H30N6/c1-4-15-32(16-5-1)41-39-22-12-13-23-40(39)47-52-44(34-19-8-3-9-20-34)51-46(53(41)47)36-27-25-35(26-28-36)43-48-42(33-17-6-2-7-18-33)49-45(50-43)38-29-24-31-14-10-11-21-37(31)30-38/h1-30H. The van der Waals surface area contributed by atoms with E-state index in [1.807, 2.05) is 54.6 Å². The second-order valence-electron chi connectivity index (χ2n) is 13.0. The first-order chi connectivity index (χ1) is 26.3. The Morgan fingerprint density at radius 1 is 0.302 bits per heavy atom. The summed E-state index contributed by atoms with van der Waals surface area (Å²) in [6.07, 6.45) is 0. The summed E-state index contributed by atoms with van der Waals surface area (Å²) in [6, 6.07) is 62.2. The Balaban J connectivity index is 1.16. The van der Waals surface area contributed by atoms with E-state index in [2.05, 4.69) is 132 Å². The molecule has 0 fully saturated rings. The zero-order valence-corrected chi connectivity index (χ0v) is 28.5. The quantitative estimate of drug-likeness (QED) is 0.175. The number of rotatable bonds is 6. The number of fused-ring (bicyclic) bond motifs is 4. The lowest BCUT2D eigenvalue weighted by Crippen LogP contribution is -2.03. The van der Waals surface area contributed by atoms with Crippen LogP contribution in [0, 0.1) is 0 Å². The summed E-state index contributed by atoms with van der Waals surface area (Å²) in [6.45, 7) is 0. The largest absolute Gasteiger partial charge is 0.277 e. The lowest BCUT2D eigenvalue weighted by molar-refractivity contribution is 1.05. The molecule has 3 aromatic heterocycles. The third-order valence-electron chi connectivity index (χ3n) is 9.65. The van der Waals surface area contributed by atoms with Crippen LogP contribution in [0.4, 0.5) is 0 Å². The molecule has 0 aliphatic carbocycles. The van der Waals surface area contributed by atoms with Crippen molar-refractivity contribution in [3.8, 4) is 68.2 Å². The molecule has 0 radical (unpaired) electrons. The van der Waals surface area contributed by atoms with Crippen molar-refractivity contribution in [1.82, 2.24) is 29.3 Å². The fourth-order valence-electron chi connectivity index (χ4n) is 7.06. The smallest absolute Gasteiger partial charge is 0.164 e. The van der Waals surface area contributed by atoms with Gasteiger partial charge >= 0.3 is 0 Å². The maximum Gasteiger partial charge on any atom is 0.164 e. The van der Waals surface area contributed by atoms with E-state index < -0.39 is 0 Å². The third-order valence-corrected chi connectivity index (χ3v) is 9.65. The van der Waals surface area contributed by atoms with E-state index in [0.29, 0.717) is 23.3 Å². The Morgan fingerprint density at radius 3 is 1.40 bits per heavy atom. The van der Waals surface area contributed by atoms with E-state index >= 15 is 0 Å². The summed E-state index contributed by atoms with van der Waals surface area (Å²) in [5.74, 6) is 3.32. The number of hydrogen-bond acceptors (Lipinski definition) is 5. The molecule has 0 unspecified atom stereocenters. The predicted octanol–water partition coefficient (Wildman–Crippen LogP) is 11.2. The Morgan fingerprint density at radius 2 is 0.755 bits per heavy atom. The van der Waals surface area contributed by atoms with Crippen molar-refractivity contribution in [1.29, 1.82) is 0 Å². The summed E-state index contributed by atoms with van der Waals surface area (Å²) in [4.78, 5) is 25.5. The fraction of sp³-hybridized carbons (Fsp3) is 0. The molecular formula is C47H30N6. The molecule has 0 saturated carbocycles. The molecule has 6 nitrogen and oxygen atoms in total. The van der Waals surface area contributed by atoms with Gasteiger partial charge in [-0.1, -0.05) is 176 Å². The molecule has 6 heteroatoms. The first kappa shape index (κ1) is 30.5. The molecule has 53 heavy (non-hydrogen) atoms. The minimum absolute atomic E-state index is 0.600. The molecule has 0 aliphatic rings. The van der Waals surface area contributed by atoms with Crippen molar-refractivity contribution in [2.45, 2.75) is 0 Å². The Hall–Kier alpha value is -7.31. The fourth-order valence-corrected chi connectivity index (χ4v) is 7.06. The number of benzene rings is 7. The van der Waals surface area contributed by atoms with Gasteiger partial charge < -0.3 is 0 Å². The molecule has 0 spiro atoms. The van der Waals surface area contributed by atoms with Crippen molar-refractivity contribution in [3.05, 3.63) is 182 Å². The van der Waals surface area contributed by atoms with E-state index in [9.17, 15) is 0 Å². The molecule has 0 amide bonds. The Bertz CT molecular complexity index is 2920. The molecule has 10 aromatic rings. The van der Waals surface area contributed by atoms with Crippen LogP contribution in [-0.2, 0) is 0 Å². The van der Waals surface area contributed by atoms with Crippen molar-refractivity contribution in [3.63, 3.8) is 0 Å². The third kappa shape index (κ3) is 5.50. The Kier molecular flexibility index (Phi) is 7.36. The topological polar surface area (TPSA) is 68.9 Å². The number of aromatic nitrogens is 6. The molecule has 248 valence electrons. The molecule has 3 heterocycles. The first-order valence-electron chi connectivity index (χ1n) is 17.6. The summed E-state index contributed by atoms with van der Waals surface area (Å²) in [5, 5.41) is 4.50. The minimum atomic E-state index is 0.600. The molecule has 0 saturated heterocycles. The van der Waals surface area contributed by atoms with E-state index in [1.54, 1.807) is 0 Å². The first-order valence-corrected chi connectivity index (χ1v) is 17.6. The van der Waals surface area contributed by atoms with Crippen LogP contribution in [0.25, 0.3) is 95.4 Å². The van der Waals surface area contributed by atoms with Gasteiger partial charge in [0.15, 0.2) is 23.3 Å². The SMILES string of the molecule is c1ccc(-c2nc(-c3ccc(-c4nc(-c5ccccc5)nc5c6ccccc6c(-c6ccccc6)n45)cc3)nc(-c3ccc4ccccc4c3)n2)cc1. The van der Waals surface area contributed by atoms with Crippen LogP contribution in [0.1, 0.15) is 0 Å². The monoisotopic (exact) mass is 678 g/mol. The molecule has 7 aromatic carbocycles. The van der Waals surface area contributed by atoms with Gasteiger partial charge in [0.1, 0.15) is 11.5 Å². The average Bonchev–Trinajstić information content (AvgIpc) is 3.58. The van der Waals surface area contributed by atoms with Gasteiger partial charge in [-0.3, -0.25) is 4.40 Å². The number of nitrogens with zero attached hydrogens (tertiary/aromatic N) is 6. The second kappa shape index (κ2) is 12.8. The van der Waals surface area contributed by atoms with Crippen LogP contribution in [0.3, 0.4) is 0 Å². The molecule has 0 aliphatic heterocycles. The van der Waals surface area contributed by atoms with E-state index in [0.717, 1.165) is 66.7 Å². The summed E-state index contributed by atoms with van der Waals surface area (Å²) in [7, 11) is 0. The van der Waals surface area contributed by atoms with E-state index in [1.165, 1.54) is 5.39 Å². The number of hydrogen-bond donors (Lipinski definition) is 0. The zero-order valence-electron chi connectivity index (χ0n) is 28.5. The molecular weight excluding hydrogens is 649 g/mol. The van der Waals surface area contributed by atoms with Gasteiger partial charge in [0.05, 0.1) is 5.69 Å². The Labute approximate surface area is 305 Å². The van der Waals surface area contributed by atoms with Gasteiger partial charge in [0.2, 0.25) is 0 Å². The molecule has 10 rings (SSSR count). The van der Waals surface area contributed by atoms with Gasteiger partial charge in [-0.2, -0.15) is 0 Å². The lowest BCUT2D eigenvalue weighted by Gasteiger charge is -2.13. The van der Waals surface area contributed by atoms with Crippen molar-refractivity contribution < 1.29 is 0 Å². The van der Waals surface area contributed by atoms with Gasteiger partial charge in [-0.25, -0.2) is 24.9 Å². The van der Waals surface area contributed by atoms with Crippen molar-refractivity contribution in [2.24, 2.45) is 0 Å². The van der Waals surface area contributed by atoms with Crippen LogP contribution in [0.5, 0.6) is 0 Å². The lowest BCUT2D eigenvalue weighted by atomic mass is 10.1. The summed E-state index contributed by atoms with van der Waals surface area (Å²) < 4.78 is 2.20. The van der Waals surface area contributed by atoms with Crippen LogP contribution in [0.2, 0.25) is 0 Å². The summed E-state index contributed by atoms with van der Waals surface area (Å²) >= 11 is 0. The van der Waals surface area contributed by atoms with Crippen molar-refractivity contribution >= 4 is 27.2 Å². The van der Waals surface area contributed by atoms with Crippen LogP contribution < -0.4 is 0 Å². The highest BCUT2D eigenvalue weighted by Crippen LogP contribution is 2.38. The molecule has 0 atom stereocenters. The maximum atomic E-state index is 5.27. The van der Waals surface area contributed by atoms with Crippen LogP contribution >= 0.6 is 0 Å². The van der Waals surface area contributed by atoms with Crippen molar-refractivity contribution in [2.75, 3.05) is 0 Å². The zero-order chi connectivity index (χ0) is 35.1. The van der Waals surface area contributed by atoms with Crippen LogP contribution in [-0.4, -0.2) is 29.3 Å². The minimum Gasteiger partial charge on any atom is -0.277 e. The van der Waals surface area contributed by atoms with Crippen LogP contribution in [0.15, 0.2) is 182 Å². The van der Waals surface area contributed by atoms with Gasteiger partial charge in [0, 0.05) is 38.6 Å². The van der Waals surface area contributed by atoms with E-state index in [-0.39, 0.29) is 0 Å². The molecule has 0 bridgehead atoms. The van der Waals surface area contributed by atoms with Gasteiger partial charge in [0.25, 0.3) is 0 Å². The normalized spacial score (nSPS) is 11.4. The summed E-state index contributed by atoms with van der Waals surface area (Å²) in [5.41, 5.74) is 7.66. The molecule has 0 N–H and O–H groups in total. The van der Waals surface area contributed by atoms with Gasteiger partial charge in [-0.15, -0.1) is 0 Å². The predicted molar refractivity (Wildman–Crippen MR) is 214 cm³/mol. The average molecular weight is 679 g/mol. The van der Waals surface area contributed by atoms with Gasteiger partial charge in [-0.05, 0) is 22.4 Å². The highest BCUT2D eigenvalue weighted by molar-refractivity contribution is 6.06. The highest BCUT2D eigenvalue weighted by Gasteiger charge is 2.21.